The zero-order valence-corrected chi connectivity index (χ0v) is 9.44. The number of nitrogens with one attached hydrogen (secondary N) is 1. The molecule has 0 aliphatic rings. The summed E-state index contributed by atoms with van der Waals surface area (Å²) in [5.74, 6) is -0.725. The number of aromatic amines is 1. The highest BCUT2D eigenvalue weighted by Gasteiger charge is 2.09. The number of hydrogen-bond acceptors (Lipinski definition) is 1. The quantitative estimate of drug-likeness (QED) is 0.780. The van der Waals surface area contributed by atoms with E-state index < -0.39 is 11.5 Å². The number of aromatic nitrogens is 1. The Morgan fingerprint density at radius 1 is 1.06 bits per heavy atom. The second-order valence-corrected chi connectivity index (χ2v) is 4.02. The van der Waals surface area contributed by atoms with Gasteiger partial charge in [-0.15, -0.1) is 0 Å². The number of halogens is 3. The smallest absolute Gasteiger partial charge is 0.250 e. The molecule has 0 spiro atoms. The predicted molar refractivity (Wildman–Crippen MR) is 62.5 cm³/mol. The number of rotatable bonds is 1. The number of H-pyrrole nitrogens is 1. The lowest BCUT2D eigenvalue weighted by Gasteiger charge is -2.05. The SMILES string of the molecule is O=c1ccc(-c2cc(Cl)ccc2Cl)c(F)[nH]1. The molecule has 0 unspecified atom stereocenters. The standard InChI is InChI=1S/C11H6Cl2FNO/c12-6-1-3-9(13)8(5-6)7-2-4-10(16)15-11(7)14/h1-5H,(H,15,16). The molecule has 2 nitrogen and oxygen atoms in total. The van der Waals surface area contributed by atoms with E-state index in [4.69, 9.17) is 23.2 Å². The molecule has 0 aliphatic heterocycles. The summed E-state index contributed by atoms with van der Waals surface area (Å²) >= 11 is 11.7. The van der Waals surface area contributed by atoms with E-state index in [1.807, 2.05) is 0 Å². The molecule has 0 atom stereocenters. The molecule has 16 heavy (non-hydrogen) atoms. The summed E-state index contributed by atoms with van der Waals surface area (Å²) in [7, 11) is 0. The third-order valence-corrected chi connectivity index (χ3v) is 2.65. The van der Waals surface area contributed by atoms with Gasteiger partial charge >= 0.3 is 0 Å². The highest BCUT2D eigenvalue weighted by molar-refractivity contribution is 6.35. The third kappa shape index (κ3) is 2.10. The van der Waals surface area contributed by atoms with Gasteiger partial charge in [-0.05, 0) is 24.3 Å². The van der Waals surface area contributed by atoms with Crippen molar-refractivity contribution in [1.29, 1.82) is 0 Å². The lowest BCUT2D eigenvalue weighted by atomic mass is 10.1. The van der Waals surface area contributed by atoms with Crippen LogP contribution < -0.4 is 5.56 Å². The van der Waals surface area contributed by atoms with Gasteiger partial charge in [0, 0.05) is 27.2 Å². The molecule has 2 aromatic rings. The summed E-state index contributed by atoms with van der Waals surface area (Å²) in [4.78, 5) is 12.9. The van der Waals surface area contributed by atoms with E-state index >= 15 is 0 Å². The van der Waals surface area contributed by atoms with Crippen LogP contribution in [0.1, 0.15) is 0 Å². The first-order chi connectivity index (χ1) is 7.58. The fourth-order valence-corrected chi connectivity index (χ4v) is 1.75. The van der Waals surface area contributed by atoms with Crippen molar-refractivity contribution in [1.82, 2.24) is 4.98 Å². The zero-order chi connectivity index (χ0) is 11.7. The molecule has 0 fully saturated rings. The van der Waals surface area contributed by atoms with Crippen LogP contribution in [0.2, 0.25) is 10.0 Å². The van der Waals surface area contributed by atoms with Gasteiger partial charge in [0.05, 0.1) is 0 Å². The van der Waals surface area contributed by atoms with E-state index in [9.17, 15) is 9.18 Å². The Balaban J connectivity index is 2.67. The van der Waals surface area contributed by atoms with Crippen LogP contribution in [0.5, 0.6) is 0 Å². The summed E-state index contributed by atoms with van der Waals surface area (Å²) in [6, 6.07) is 7.32. The fraction of sp³-hybridized carbons (Fsp3) is 0. The lowest BCUT2D eigenvalue weighted by molar-refractivity contribution is 0.583. The van der Waals surface area contributed by atoms with Crippen LogP contribution in [0.25, 0.3) is 11.1 Å². The molecule has 0 bridgehead atoms. The molecule has 0 saturated heterocycles. The molecule has 0 radical (unpaired) electrons. The average molecular weight is 258 g/mol. The van der Waals surface area contributed by atoms with Crippen LogP contribution in [0.3, 0.4) is 0 Å². The van der Waals surface area contributed by atoms with Gasteiger partial charge in [0.2, 0.25) is 11.5 Å². The maximum Gasteiger partial charge on any atom is 0.250 e. The Bertz CT molecular complexity index is 595. The fourth-order valence-electron chi connectivity index (χ4n) is 1.36. The van der Waals surface area contributed by atoms with Crippen LogP contribution in [0.15, 0.2) is 35.1 Å². The number of hydrogen-bond donors (Lipinski definition) is 1. The van der Waals surface area contributed by atoms with Crippen LogP contribution in [-0.4, -0.2) is 4.98 Å². The van der Waals surface area contributed by atoms with Crippen molar-refractivity contribution in [3.8, 4) is 11.1 Å². The summed E-state index contributed by atoms with van der Waals surface area (Å²) < 4.78 is 13.5. The normalized spacial score (nSPS) is 10.4. The second kappa shape index (κ2) is 4.28. The summed E-state index contributed by atoms with van der Waals surface area (Å²) in [6.07, 6.45) is 0. The average Bonchev–Trinajstić information content (AvgIpc) is 2.22. The van der Waals surface area contributed by atoms with Crippen molar-refractivity contribution in [2.24, 2.45) is 0 Å². The molecular formula is C11H6Cl2FNO. The molecule has 0 saturated carbocycles. The van der Waals surface area contributed by atoms with Crippen molar-refractivity contribution < 1.29 is 4.39 Å². The largest absolute Gasteiger partial charge is 0.298 e. The molecule has 0 aliphatic carbocycles. The van der Waals surface area contributed by atoms with Crippen molar-refractivity contribution >= 4 is 23.2 Å². The van der Waals surface area contributed by atoms with Crippen molar-refractivity contribution in [3.63, 3.8) is 0 Å². The zero-order valence-electron chi connectivity index (χ0n) is 7.93. The highest BCUT2D eigenvalue weighted by atomic mass is 35.5. The van der Waals surface area contributed by atoms with Crippen LogP contribution in [0, 0.1) is 5.95 Å². The van der Waals surface area contributed by atoms with E-state index in [2.05, 4.69) is 4.98 Å². The van der Waals surface area contributed by atoms with Gasteiger partial charge in [-0.3, -0.25) is 9.78 Å². The van der Waals surface area contributed by atoms with Gasteiger partial charge in [-0.25, -0.2) is 0 Å². The van der Waals surface area contributed by atoms with Crippen molar-refractivity contribution in [2.75, 3.05) is 0 Å². The minimum atomic E-state index is -0.725. The first-order valence-electron chi connectivity index (χ1n) is 4.42. The molecular weight excluding hydrogens is 252 g/mol. The third-order valence-electron chi connectivity index (χ3n) is 2.09. The lowest BCUT2D eigenvalue weighted by Crippen LogP contribution is -2.06. The first kappa shape index (κ1) is 11.2. The topological polar surface area (TPSA) is 32.9 Å². The highest BCUT2D eigenvalue weighted by Crippen LogP contribution is 2.30. The Hall–Kier alpha value is -1.32. The molecule has 2 rings (SSSR count). The summed E-state index contributed by atoms with van der Waals surface area (Å²) in [5, 5.41) is 0.820. The van der Waals surface area contributed by atoms with Crippen molar-refractivity contribution in [3.05, 3.63) is 56.7 Å². The maximum atomic E-state index is 13.5. The number of pyridine rings is 1. The monoisotopic (exact) mass is 257 g/mol. The van der Waals surface area contributed by atoms with Crippen LogP contribution in [0.4, 0.5) is 4.39 Å². The Morgan fingerprint density at radius 2 is 1.81 bits per heavy atom. The van der Waals surface area contributed by atoms with E-state index in [0.717, 1.165) is 0 Å². The summed E-state index contributed by atoms with van der Waals surface area (Å²) in [6.45, 7) is 0. The first-order valence-corrected chi connectivity index (χ1v) is 5.18. The van der Waals surface area contributed by atoms with E-state index in [0.29, 0.717) is 15.6 Å². The van der Waals surface area contributed by atoms with Crippen LogP contribution >= 0.6 is 23.2 Å². The molecule has 0 amide bonds. The van der Waals surface area contributed by atoms with E-state index in [1.165, 1.54) is 12.1 Å². The van der Waals surface area contributed by atoms with Gasteiger partial charge in [0.1, 0.15) is 0 Å². The minimum absolute atomic E-state index is 0.215. The van der Waals surface area contributed by atoms with Gasteiger partial charge in [0.15, 0.2) is 0 Å². The van der Waals surface area contributed by atoms with Gasteiger partial charge in [0.25, 0.3) is 0 Å². The van der Waals surface area contributed by atoms with Crippen LogP contribution in [-0.2, 0) is 0 Å². The summed E-state index contributed by atoms with van der Waals surface area (Å²) in [5.41, 5.74) is 0.161. The minimum Gasteiger partial charge on any atom is -0.298 e. The van der Waals surface area contributed by atoms with Gasteiger partial charge in [-0.1, -0.05) is 23.2 Å². The van der Waals surface area contributed by atoms with Crippen molar-refractivity contribution in [2.45, 2.75) is 0 Å². The van der Waals surface area contributed by atoms with Gasteiger partial charge < -0.3 is 0 Å². The Kier molecular flexibility index (Phi) is 2.99. The van der Waals surface area contributed by atoms with E-state index in [1.54, 1.807) is 18.2 Å². The van der Waals surface area contributed by atoms with E-state index in [-0.39, 0.29) is 5.56 Å². The van der Waals surface area contributed by atoms with Gasteiger partial charge in [-0.2, -0.15) is 4.39 Å². The molecule has 1 N–H and O–H groups in total. The molecule has 5 heteroatoms. The second-order valence-electron chi connectivity index (χ2n) is 3.17. The molecule has 1 aromatic heterocycles. The predicted octanol–water partition coefficient (Wildman–Crippen LogP) is 3.49. The molecule has 82 valence electrons. The molecule has 1 heterocycles. The Labute approximate surface area is 101 Å². The number of benzene rings is 1. The maximum absolute atomic E-state index is 13.5. The Morgan fingerprint density at radius 3 is 2.50 bits per heavy atom. The molecule has 1 aromatic carbocycles.